The van der Waals surface area contributed by atoms with Gasteiger partial charge >= 0.3 is 0 Å². The molecule has 0 aliphatic carbocycles. The van der Waals surface area contributed by atoms with Gasteiger partial charge in [0.25, 0.3) is 0 Å². The molecule has 3 heteroatoms. The van der Waals surface area contributed by atoms with Crippen LogP contribution in [0.25, 0.3) is 0 Å². The summed E-state index contributed by atoms with van der Waals surface area (Å²) in [4.78, 5) is 0. The topological polar surface area (TPSA) is 30.5 Å². The molecule has 20 heavy (non-hydrogen) atoms. The van der Waals surface area contributed by atoms with E-state index in [0.717, 1.165) is 36.6 Å². The first-order chi connectivity index (χ1) is 9.83. The van der Waals surface area contributed by atoms with Gasteiger partial charge in [-0.05, 0) is 42.3 Å². The van der Waals surface area contributed by atoms with Gasteiger partial charge in [-0.25, -0.2) is 0 Å². The maximum absolute atomic E-state index is 5.38. The maximum Gasteiger partial charge on any atom is 0.122 e. The van der Waals surface area contributed by atoms with Crippen molar-refractivity contribution in [3.8, 4) is 11.5 Å². The number of hydrogen-bond donors (Lipinski definition) is 1. The molecule has 0 amide bonds. The molecule has 0 fully saturated rings. The molecule has 0 spiro atoms. The van der Waals surface area contributed by atoms with Crippen molar-refractivity contribution in [1.29, 1.82) is 0 Å². The molecule has 0 saturated heterocycles. The fourth-order valence-electron chi connectivity index (χ4n) is 2.13. The van der Waals surface area contributed by atoms with Crippen LogP contribution in [0.2, 0.25) is 0 Å². The van der Waals surface area contributed by atoms with E-state index in [1.165, 1.54) is 5.56 Å². The van der Waals surface area contributed by atoms with Gasteiger partial charge < -0.3 is 14.8 Å². The molecular formula is C17H21NO2. The highest BCUT2D eigenvalue weighted by atomic mass is 16.5. The third kappa shape index (κ3) is 4.00. The second kappa shape index (κ2) is 7.56. The van der Waals surface area contributed by atoms with Crippen LogP contribution in [0, 0.1) is 0 Å². The predicted molar refractivity (Wildman–Crippen MR) is 81.4 cm³/mol. The van der Waals surface area contributed by atoms with Crippen LogP contribution in [-0.4, -0.2) is 20.8 Å². The van der Waals surface area contributed by atoms with E-state index in [4.69, 9.17) is 9.47 Å². The van der Waals surface area contributed by atoms with E-state index in [2.05, 4.69) is 29.6 Å². The molecule has 0 atom stereocenters. The molecule has 0 radical (unpaired) electrons. The van der Waals surface area contributed by atoms with Crippen molar-refractivity contribution in [2.45, 2.75) is 13.0 Å². The lowest BCUT2D eigenvalue weighted by Gasteiger charge is -2.11. The molecular weight excluding hydrogens is 250 g/mol. The van der Waals surface area contributed by atoms with Gasteiger partial charge in [-0.15, -0.1) is 0 Å². The molecule has 0 aliphatic heterocycles. The zero-order valence-electron chi connectivity index (χ0n) is 12.1. The minimum Gasteiger partial charge on any atom is -0.497 e. The molecule has 1 N–H and O–H groups in total. The second-order valence-corrected chi connectivity index (χ2v) is 4.59. The van der Waals surface area contributed by atoms with E-state index in [1.54, 1.807) is 14.2 Å². The summed E-state index contributed by atoms with van der Waals surface area (Å²) in [5.74, 6) is 1.77. The van der Waals surface area contributed by atoms with E-state index in [9.17, 15) is 0 Å². The van der Waals surface area contributed by atoms with Gasteiger partial charge in [-0.2, -0.15) is 0 Å². The van der Waals surface area contributed by atoms with Crippen LogP contribution in [0.3, 0.4) is 0 Å². The fraction of sp³-hybridized carbons (Fsp3) is 0.294. The first-order valence-corrected chi connectivity index (χ1v) is 6.79. The first-order valence-electron chi connectivity index (χ1n) is 6.79. The molecule has 3 nitrogen and oxygen atoms in total. The third-order valence-electron chi connectivity index (χ3n) is 3.23. The highest BCUT2D eigenvalue weighted by Crippen LogP contribution is 2.24. The van der Waals surface area contributed by atoms with Gasteiger partial charge in [0.15, 0.2) is 0 Å². The Morgan fingerprint density at radius 3 is 2.45 bits per heavy atom. The van der Waals surface area contributed by atoms with Crippen LogP contribution in [0.4, 0.5) is 0 Å². The Morgan fingerprint density at radius 2 is 1.75 bits per heavy atom. The molecule has 0 heterocycles. The van der Waals surface area contributed by atoms with Gasteiger partial charge in [0, 0.05) is 6.54 Å². The quantitative estimate of drug-likeness (QED) is 0.785. The summed E-state index contributed by atoms with van der Waals surface area (Å²) in [6.07, 6.45) is 0.910. The number of methoxy groups -OCH3 is 2. The van der Waals surface area contributed by atoms with E-state index in [-0.39, 0.29) is 0 Å². The standard InChI is InChI=1S/C17H21NO2/c1-19-16-8-9-17(20-2)15(12-16)10-11-18-13-14-6-4-3-5-7-14/h3-9,12,18H,10-11,13H2,1-2H3. The van der Waals surface area contributed by atoms with Crippen molar-refractivity contribution in [3.05, 3.63) is 59.7 Å². The van der Waals surface area contributed by atoms with Gasteiger partial charge in [0.1, 0.15) is 11.5 Å². The number of hydrogen-bond acceptors (Lipinski definition) is 3. The molecule has 2 aromatic carbocycles. The van der Waals surface area contributed by atoms with Crippen molar-refractivity contribution in [1.82, 2.24) is 5.32 Å². The Bertz CT molecular complexity index is 526. The largest absolute Gasteiger partial charge is 0.497 e. The van der Waals surface area contributed by atoms with E-state index < -0.39 is 0 Å². The van der Waals surface area contributed by atoms with Crippen molar-refractivity contribution >= 4 is 0 Å². The summed E-state index contributed by atoms with van der Waals surface area (Å²) in [5, 5.41) is 3.44. The SMILES string of the molecule is COc1ccc(OC)c(CCNCc2ccccc2)c1. The number of ether oxygens (including phenoxy) is 2. The van der Waals surface area contributed by atoms with Crippen molar-refractivity contribution < 1.29 is 9.47 Å². The lowest BCUT2D eigenvalue weighted by molar-refractivity contribution is 0.398. The Labute approximate surface area is 120 Å². The normalized spacial score (nSPS) is 10.3. The maximum atomic E-state index is 5.38. The Morgan fingerprint density at radius 1 is 0.950 bits per heavy atom. The van der Waals surface area contributed by atoms with Crippen molar-refractivity contribution in [3.63, 3.8) is 0 Å². The van der Waals surface area contributed by atoms with Crippen LogP contribution >= 0.6 is 0 Å². The minimum atomic E-state index is 0.865. The molecule has 2 rings (SSSR count). The highest BCUT2D eigenvalue weighted by Gasteiger charge is 2.04. The second-order valence-electron chi connectivity index (χ2n) is 4.59. The smallest absolute Gasteiger partial charge is 0.122 e. The summed E-state index contributed by atoms with van der Waals surface area (Å²) in [5.41, 5.74) is 2.46. The van der Waals surface area contributed by atoms with E-state index in [1.807, 2.05) is 24.3 Å². The average Bonchev–Trinajstić information content (AvgIpc) is 2.52. The minimum absolute atomic E-state index is 0.865. The van der Waals surface area contributed by atoms with Crippen LogP contribution in [0.15, 0.2) is 48.5 Å². The monoisotopic (exact) mass is 271 g/mol. The van der Waals surface area contributed by atoms with Gasteiger partial charge in [0.2, 0.25) is 0 Å². The van der Waals surface area contributed by atoms with E-state index in [0.29, 0.717) is 0 Å². The predicted octanol–water partition coefficient (Wildman–Crippen LogP) is 3.04. The molecule has 106 valence electrons. The molecule has 0 bridgehead atoms. The van der Waals surface area contributed by atoms with Crippen LogP contribution in [-0.2, 0) is 13.0 Å². The van der Waals surface area contributed by atoms with E-state index >= 15 is 0 Å². The Kier molecular flexibility index (Phi) is 5.44. The Hall–Kier alpha value is -2.00. The lowest BCUT2D eigenvalue weighted by Crippen LogP contribution is -2.16. The highest BCUT2D eigenvalue weighted by molar-refractivity contribution is 5.40. The molecule has 2 aromatic rings. The zero-order chi connectivity index (χ0) is 14.2. The van der Waals surface area contributed by atoms with Gasteiger partial charge in [0.05, 0.1) is 14.2 Å². The summed E-state index contributed by atoms with van der Waals surface area (Å²) in [7, 11) is 3.38. The zero-order valence-corrected chi connectivity index (χ0v) is 12.1. The van der Waals surface area contributed by atoms with Gasteiger partial charge in [-0.1, -0.05) is 30.3 Å². The number of nitrogens with one attached hydrogen (secondary N) is 1. The van der Waals surface area contributed by atoms with Crippen LogP contribution in [0.5, 0.6) is 11.5 Å². The lowest BCUT2D eigenvalue weighted by atomic mass is 10.1. The number of benzene rings is 2. The average molecular weight is 271 g/mol. The van der Waals surface area contributed by atoms with Crippen molar-refractivity contribution in [2.75, 3.05) is 20.8 Å². The van der Waals surface area contributed by atoms with Crippen LogP contribution in [0.1, 0.15) is 11.1 Å². The summed E-state index contributed by atoms with van der Waals surface area (Å²) in [6.45, 7) is 1.78. The molecule has 0 unspecified atom stereocenters. The summed E-state index contributed by atoms with van der Waals surface area (Å²) < 4.78 is 10.6. The third-order valence-corrected chi connectivity index (χ3v) is 3.23. The molecule has 0 saturated carbocycles. The fourth-order valence-corrected chi connectivity index (χ4v) is 2.13. The Balaban J connectivity index is 1.87. The summed E-state index contributed by atoms with van der Waals surface area (Å²) in [6, 6.07) is 16.3. The summed E-state index contributed by atoms with van der Waals surface area (Å²) >= 11 is 0. The number of rotatable bonds is 7. The first kappa shape index (κ1) is 14.4. The molecule has 0 aliphatic rings. The van der Waals surface area contributed by atoms with Crippen molar-refractivity contribution in [2.24, 2.45) is 0 Å². The molecule has 0 aromatic heterocycles. The van der Waals surface area contributed by atoms with Gasteiger partial charge in [-0.3, -0.25) is 0 Å². The van der Waals surface area contributed by atoms with Crippen LogP contribution < -0.4 is 14.8 Å².